The SMILES string of the molecule is CCn1c(C(O)c2ccc(OC)cc2)nc2ccccc21. The molecule has 3 rings (SSSR count). The van der Waals surface area contributed by atoms with Crippen LogP contribution in [0.25, 0.3) is 11.0 Å². The number of aliphatic hydroxyl groups excluding tert-OH is 1. The third kappa shape index (κ3) is 2.38. The minimum atomic E-state index is -0.747. The normalized spacial score (nSPS) is 12.5. The lowest BCUT2D eigenvalue weighted by Crippen LogP contribution is -2.09. The van der Waals surface area contributed by atoms with Crippen LogP contribution in [0.5, 0.6) is 5.75 Å². The van der Waals surface area contributed by atoms with Crippen molar-refractivity contribution in [1.82, 2.24) is 9.55 Å². The smallest absolute Gasteiger partial charge is 0.143 e. The Labute approximate surface area is 123 Å². The molecule has 0 amide bonds. The minimum Gasteiger partial charge on any atom is -0.497 e. The Balaban J connectivity index is 2.05. The largest absolute Gasteiger partial charge is 0.497 e. The Morgan fingerprint density at radius 2 is 1.86 bits per heavy atom. The van der Waals surface area contributed by atoms with Gasteiger partial charge in [-0.15, -0.1) is 0 Å². The van der Waals surface area contributed by atoms with Gasteiger partial charge >= 0.3 is 0 Å². The maximum Gasteiger partial charge on any atom is 0.143 e. The molecule has 1 heterocycles. The molecular weight excluding hydrogens is 264 g/mol. The van der Waals surface area contributed by atoms with Gasteiger partial charge in [0.1, 0.15) is 17.7 Å². The van der Waals surface area contributed by atoms with Crippen molar-refractivity contribution in [3.63, 3.8) is 0 Å². The van der Waals surface area contributed by atoms with Crippen molar-refractivity contribution < 1.29 is 9.84 Å². The highest BCUT2D eigenvalue weighted by Gasteiger charge is 2.18. The first-order valence-corrected chi connectivity index (χ1v) is 7.01. The van der Waals surface area contributed by atoms with Crippen LogP contribution in [0.3, 0.4) is 0 Å². The lowest BCUT2D eigenvalue weighted by atomic mass is 10.1. The predicted molar refractivity (Wildman–Crippen MR) is 82.5 cm³/mol. The Bertz CT molecular complexity index is 747. The molecule has 1 unspecified atom stereocenters. The highest BCUT2D eigenvalue weighted by molar-refractivity contribution is 5.76. The van der Waals surface area contributed by atoms with Crippen LogP contribution in [-0.4, -0.2) is 21.8 Å². The maximum absolute atomic E-state index is 10.6. The third-order valence-corrected chi connectivity index (χ3v) is 3.68. The van der Waals surface area contributed by atoms with E-state index in [0.29, 0.717) is 5.82 Å². The molecule has 0 aliphatic rings. The van der Waals surface area contributed by atoms with E-state index in [1.165, 1.54) is 0 Å². The molecule has 0 saturated heterocycles. The number of aliphatic hydroxyl groups is 1. The van der Waals surface area contributed by atoms with E-state index in [1.54, 1.807) is 7.11 Å². The molecule has 4 heteroatoms. The predicted octanol–water partition coefficient (Wildman–Crippen LogP) is 3.15. The summed E-state index contributed by atoms with van der Waals surface area (Å²) in [6, 6.07) is 15.3. The van der Waals surface area contributed by atoms with Crippen LogP contribution < -0.4 is 4.74 Å². The van der Waals surface area contributed by atoms with Gasteiger partial charge in [-0.1, -0.05) is 24.3 Å². The van der Waals surface area contributed by atoms with Gasteiger partial charge in [-0.25, -0.2) is 4.98 Å². The van der Waals surface area contributed by atoms with E-state index in [4.69, 9.17) is 4.74 Å². The van der Waals surface area contributed by atoms with Crippen LogP contribution in [0.1, 0.15) is 24.4 Å². The summed E-state index contributed by atoms with van der Waals surface area (Å²) in [7, 11) is 1.63. The van der Waals surface area contributed by atoms with Gasteiger partial charge in [-0.2, -0.15) is 0 Å². The summed E-state index contributed by atoms with van der Waals surface area (Å²) >= 11 is 0. The van der Waals surface area contributed by atoms with Crippen molar-refractivity contribution in [2.75, 3.05) is 7.11 Å². The number of hydrogen-bond acceptors (Lipinski definition) is 3. The fourth-order valence-corrected chi connectivity index (χ4v) is 2.57. The van der Waals surface area contributed by atoms with Gasteiger partial charge < -0.3 is 14.4 Å². The second kappa shape index (κ2) is 5.58. The van der Waals surface area contributed by atoms with Crippen LogP contribution >= 0.6 is 0 Å². The molecule has 0 aliphatic heterocycles. The Morgan fingerprint density at radius 3 is 2.52 bits per heavy atom. The maximum atomic E-state index is 10.6. The lowest BCUT2D eigenvalue weighted by Gasteiger charge is -2.13. The van der Waals surface area contributed by atoms with Crippen molar-refractivity contribution >= 4 is 11.0 Å². The Hall–Kier alpha value is -2.33. The second-order valence-corrected chi connectivity index (χ2v) is 4.88. The van der Waals surface area contributed by atoms with Crippen molar-refractivity contribution in [2.45, 2.75) is 19.6 Å². The van der Waals surface area contributed by atoms with Gasteiger partial charge in [0, 0.05) is 6.54 Å². The number of imidazole rings is 1. The summed E-state index contributed by atoms with van der Waals surface area (Å²) < 4.78 is 7.19. The van der Waals surface area contributed by atoms with Crippen LogP contribution in [-0.2, 0) is 6.54 Å². The number of para-hydroxylation sites is 2. The zero-order chi connectivity index (χ0) is 14.8. The van der Waals surface area contributed by atoms with Gasteiger partial charge in [0.25, 0.3) is 0 Å². The summed E-state index contributed by atoms with van der Waals surface area (Å²) in [6.07, 6.45) is -0.747. The first-order chi connectivity index (χ1) is 10.2. The number of aromatic nitrogens is 2. The highest BCUT2D eigenvalue weighted by atomic mass is 16.5. The molecule has 3 aromatic rings. The monoisotopic (exact) mass is 282 g/mol. The van der Waals surface area contributed by atoms with Gasteiger partial charge in [0.2, 0.25) is 0 Å². The number of benzene rings is 2. The van der Waals surface area contributed by atoms with E-state index in [9.17, 15) is 5.11 Å². The van der Waals surface area contributed by atoms with E-state index in [1.807, 2.05) is 53.1 Å². The molecule has 1 aromatic heterocycles. The number of ether oxygens (including phenoxy) is 1. The number of aryl methyl sites for hydroxylation is 1. The number of hydrogen-bond donors (Lipinski definition) is 1. The second-order valence-electron chi connectivity index (χ2n) is 4.88. The molecule has 1 atom stereocenters. The fraction of sp³-hybridized carbons (Fsp3) is 0.235. The first kappa shape index (κ1) is 13.6. The van der Waals surface area contributed by atoms with Crippen molar-refractivity contribution in [3.05, 3.63) is 59.9 Å². The lowest BCUT2D eigenvalue weighted by molar-refractivity contribution is 0.205. The van der Waals surface area contributed by atoms with Crippen LogP contribution in [0.4, 0.5) is 0 Å². The zero-order valence-electron chi connectivity index (χ0n) is 12.2. The van der Waals surface area contributed by atoms with Crippen molar-refractivity contribution in [1.29, 1.82) is 0 Å². The summed E-state index contributed by atoms with van der Waals surface area (Å²) in [5.74, 6) is 1.44. The standard InChI is InChI=1S/C17H18N2O2/c1-3-19-15-7-5-4-6-14(15)18-17(19)16(20)12-8-10-13(21-2)11-9-12/h4-11,16,20H,3H2,1-2H3. The number of methoxy groups -OCH3 is 1. The molecule has 0 fully saturated rings. The Morgan fingerprint density at radius 1 is 1.14 bits per heavy atom. The number of fused-ring (bicyclic) bond motifs is 1. The van der Waals surface area contributed by atoms with Crippen LogP contribution in [0.2, 0.25) is 0 Å². The topological polar surface area (TPSA) is 47.3 Å². The summed E-state index contributed by atoms with van der Waals surface area (Å²) in [6.45, 7) is 2.82. The molecule has 4 nitrogen and oxygen atoms in total. The van der Waals surface area contributed by atoms with Crippen molar-refractivity contribution in [2.24, 2.45) is 0 Å². The zero-order valence-corrected chi connectivity index (χ0v) is 12.2. The summed E-state index contributed by atoms with van der Waals surface area (Å²) in [4.78, 5) is 4.58. The molecule has 108 valence electrons. The molecule has 2 aromatic carbocycles. The summed E-state index contributed by atoms with van der Waals surface area (Å²) in [5.41, 5.74) is 2.75. The van der Waals surface area contributed by atoms with Gasteiger partial charge in [0.05, 0.1) is 18.1 Å². The van der Waals surface area contributed by atoms with E-state index >= 15 is 0 Å². The van der Waals surface area contributed by atoms with E-state index in [-0.39, 0.29) is 0 Å². The first-order valence-electron chi connectivity index (χ1n) is 7.01. The quantitative estimate of drug-likeness (QED) is 0.799. The third-order valence-electron chi connectivity index (χ3n) is 3.68. The number of nitrogens with zero attached hydrogens (tertiary/aromatic N) is 2. The van der Waals surface area contributed by atoms with Crippen LogP contribution in [0.15, 0.2) is 48.5 Å². The minimum absolute atomic E-state index is 0.670. The molecule has 0 aliphatic carbocycles. The van der Waals surface area contributed by atoms with E-state index in [2.05, 4.69) is 11.9 Å². The van der Waals surface area contributed by atoms with E-state index < -0.39 is 6.10 Å². The average Bonchev–Trinajstić information content (AvgIpc) is 2.92. The molecule has 0 spiro atoms. The average molecular weight is 282 g/mol. The van der Waals surface area contributed by atoms with Crippen LogP contribution in [0, 0.1) is 0 Å². The Kier molecular flexibility index (Phi) is 3.62. The highest BCUT2D eigenvalue weighted by Crippen LogP contribution is 2.26. The van der Waals surface area contributed by atoms with E-state index in [0.717, 1.165) is 28.9 Å². The molecule has 0 saturated carbocycles. The molecule has 1 N–H and O–H groups in total. The van der Waals surface area contributed by atoms with Crippen molar-refractivity contribution in [3.8, 4) is 5.75 Å². The van der Waals surface area contributed by atoms with Gasteiger partial charge in [-0.05, 0) is 36.8 Å². The van der Waals surface area contributed by atoms with Gasteiger partial charge in [0.15, 0.2) is 0 Å². The van der Waals surface area contributed by atoms with Gasteiger partial charge in [-0.3, -0.25) is 0 Å². The fourth-order valence-electron chi connectivity index (χ4n) is 2.57. The number of rotatable bonds is 4. The summed E-state index contributed by atoms with van der Waals surface area (Å²) in [5, 5.41) is 10.6. The molecule has 0 bridgehead atoms. The molecular formula is C17H18N2O2. The molecule has 21 heavy (non-hydrogen) atoms. The molecule has 0 radical (unpaired) electrons.